The van der Waals surface area contributed by atoms with Crippen molar-refractivity contribution in [1.82, 2.24) is 19.6 Å². The molecule has 3 rings (SSSR count). The zero-order valence-corrected chi connectivity index (χ0v) is 14.7. The van der Waals surface area contributed by atoms with Gasteiger partial charge in [0, 0.05) is 38.4 Å². The van der Waals surface area contributed by atoms with Crippen LogP contribution in [0, 0.1) is 11.8 Å². The highest BCUT2D eigenvalue weighted by molar-refractivity contribution is 5.79. The summed E-state index contributed by atoms with van der Waals surface area (Å²) in [5, 5.41) is 4.40. The highest BCUT2D eigenvalue weighted by Gasteiger charge is 2.32. The van der Waals surface area contributed by atoms with Gasteiger partial charge in [-0.15, -0.1) is 0 Å². The van der Waals surface area contributed by atoms with Crippen LogP contribution < -0.4 is 0 Å². The van der Waals surface area contributed by atoms with Crippen LogP contribution in [0.5, 0.6) is 0 Å². The second kappa shape index (κ2) is 8.09. The average molecular weight is 336 g/mol. The van der Waals surface area contributed by atoms with Gasteiger partial charge in [-0.25, -0.2) is 0 Å². The maximum Gasteiger partial charge on any atom is 0.228 e. The van der Waals surface area contributed by atoms with Gasteiger partial charge in [-0.1, -0.05) is 0 Å². The third-order valence-electron chi connectivity index (χ3n) is 4.69. The van der Waals surface area contributed by atoms with E-state index in [1.165, 1.54) is 0 Å². The average Bonchev–Trinajstić information content (AvgIpc) is 3.19. The van der Waals surface area contributed by atoms with Gasteiger partial charge in [0.05, 0.1) is 38.0 Å². The van der Waals surface area contributed by atoms with Crippen molar-refractivity contribution in [3.05, 3.63) is 18.0 Å². The van der Waals surface area contributed by atoms with Gasteiger partial charge in [-0.3, -0.25) is 9.48 Å². The number of fused-ring (bicyclic) bond motifs is 1. The molecular weight excluding hydrogens is 308 g/mol. The second-order valence-corrected chi connectivity index (χ2v) is 7.03. The van der Waals surface area contributed by atoms with Crippen LogP contribution in [0.3, 0.4) is 0 Å². The van der Waals surface area contributed by atoms with Gasteiger partial charge in [0.25, 0.3) is 0 Å². The summed E-state index contributed by atoms with van der Waals surface area (Å²) >= 11 is 0. The first kappa shape index (κ1) is 17.4. The first-order chi connectivity index (χ1) is 11.6. The standard InChI is InChI=1S/C17H28N4O3/c1-19(2)6-8-24-12-14-9-20(17(22)15-4-7-23-13-15)11-16-3-5-18-21(16)10-14/h3,5,14-15H,4,6-13H2,1-2H3/t14-,15+/m1/s1. The van der Waals surface area contributed by atoms with E-state index in [9.17, 15) is 4.79 Å². The summed E-state index contributed by atoms with van der Waals surface area (Å²) in [5.74, 6) is 0.481. The van der Waals surface area contributed by atoms with Crippen molar-refractivity contribution in [3.63, 3.8) is 0 Å². The van der Waals surface area contributed by atoms with Gasteiger partial charge >= 0.3 is 0 Å². The predicted octanol–water partition coefficient (Wildman–Crippen LogP) is 0.456. The molecule has 1 aromatic heterocycles. The summed E-state index contributed by atoms with van der Waals surface area (Å²) in [6, 6.07) is 2.00. The van der Waals surface area contributed by atoms with E-state index >= 15 is 0 Å². The number of hydrogen-bond acceptors (Lipinski definition) is 5. The molecule has 7 nitrogen and oxygen atoms in total. The number of ether oxygens (including phenoxy) is 2. The van der Waals surface area contributed by atoms with Gasteiger partial charge in [-0.2, -0.15) is 5.10 Å². The van der Waals surface area contributed by atoms with Crippen molar-refractivity contribution >= 4 is 5.91 Å². The molecule has 0 aromatic carbocycles. The number of rotatable bonds is 6. The largest absolute Gasteiger partial charge is 0.381 e. The third kappa shape index (κ3) is 4.34. The van der Waals surface area contributed by atoms with Gasteiger partial charge < -0.3 is 19.3 Å². The zero-order chi connectivity index (χ0) is 16.9. The lowest BCUT2D eigenvalue weighted by Crippen LogP contribution is -2.39. The summed E-state index contributed by atoms with van der Waals surface area (Å²) in [5.41, 5.74) is 1.10. The Labute approximate surface area is 143 Å². The smallest absolute Gasteiger partial charge is 0.228 e. The Morgan fingerprint density at radius 1 is 1.46 bits per heavy atom. The SMILES string of the molecule is CN(C)CCOC[C@@H]1CN(C(=O)[C@H]2CCOC2)Cc2ccnn2C1. The normalized spacial score (nSPS) is 24.2. The molecule has 24 heavy (non-hydrogen) atoms. The molecule has 1 fully saturated rings. The maximum atomic E-state index is 12.8. The molecule has 0 unspecified atom stereocenters. The van der Waals surface area contributed by atoms with Gasteiger partial charge in [0.1, 0.15) is 0 Å². The van der Waals surface area contributed by atoms with Crippen LogP contribution >= 0.6 is 0 Å². The molecule has 2 aliphatic heterocycles. The number of carbonyl (C=O) groups excluding carboxylic acids is 1. The zero-order valence-electron chi connectivity index (χ0n) is 14.7. The molecule has 0 saturated carbocycles. The van der Waals surface area contributed by atoms with Crippen LogP contribution in [0.2, 0.25) is 0 Å². The van der Waals surface area contributed by atoms with Crippen LogP contribution in [0.1, 0.15) is 12.1 Å². The number of amides is 1. The molecule has 7 heteroatoms. The first-order valence-corrected chi connectivity index (χ1v) is 8.73. The van der Waals surface area contributed by atoms with E-state index < -0.39 is 0 Å². The highest BCUT2D eigenvalue weighted by Crippen LogP contribution is 2.21. The van der Waals surface area contributed by atoms with Crippen molar-refractivity contribution in [2.75, 3.05) is 53.6 Å². The lowest BCUT2D eigenvalue weighted by Gasteiger charge is -2.26. The second-order valence-electron chi connectivity index (χ2n) is 7.03. The Morgan fingerprint density at radius 3 is 3.08 bits per heavy atom. The summed E-state index contributed by atoms with van der Waals surface area (Å²) in [4.78, 5) is 16.9. The summed E-state index contributed by atoms with van der Waals surface area (Å²) < 4.78 is 13.2. The predicted molar refractivity (Wildman–Crippen MR) is 89.4 cm³/mol. The topological polar surface area (TPSA) is 59.8 Å². The quantitative estimate of drug-likeness (QED) is 0.706. The monoisotopic (exact) mass is 336 g/mol. The number of aromatic nitrogens is 2. The minimum atomic E-state index is 0.00906. The van der Waals surface area contributed by atoms with E-state index in [0.29, 0.717) is 33.0 Å². The van der Waals surface area contributed by atoms with Crippen molar-refractivity contribution in [2.45, 2.75) is 19.5 Å². The van der Waals surface area contributed by atoms with Crippen molar-refractivity contribution in [3.8, 4) is 0 Å². The number of nitrogens with zero attached hydrogens (tertiary/aromatic N) is 4. The van der Waals surface area contributed by atoms with E-state index in [-0.39, 0.29) is 17.7 Å². The van der Waals surface area contributed by atoms with Crippen LogP contribution in [-0.2, 0) is 27.4 Å². The lowest BCUT2D eigenvalue weighted by molar-refractivity contribution is -0.137. The van der Waals surface area contributed by atoms with Crippen molar-refractivity contribution < 1.29 is 14.3 Å². The highest BCUT2D eigenvalue weighted by atomic mass is 16.5. The lowest BCUT2D eigenvalue weighted by atomic mass is 10.1. The summed E-state index contributed by atoms with van der Waals surface area (Å²) in [6.45, 7) is 5.66. The fourth-order valence-corrected chi connectivity index (χ4v) is 3.29. The van der Waals surface area contributed by atoms with Crippen LogP contribution in [0.15, 0.2) is 12.3 Å². The molecule has 0 spiro atoms. The van der Waals surface area contributed by atoms with Gasteiger partial charge in [0.2, 0.25) is 5.91 Å². The molecule has 134 valence electrons. The van der Waals surface area contributed by atoms with E-state index in [4.69, 9.17) is 9.47 Å². The Bertz CT molecular complexity index is 540. The Morgan fingerprint density at radius 2 is 2.33 bits per heavy atom. The minimum absolute atomic E-state index is 0.00906. The molecule has 1 amide bonds. The van der Waals surface area contributed by atoms with E-state index in [2.05, 4.69) is 10.00 Å². The van der Waals surface area contributed by atoms with E-state index in [0.717, 1.165) is 31.7 Å². The minimum Gasteiger partial charge on any atom is -0.381 e. The van der Waals surface area contributed by atoms with Crippen LogP contribution in [0.4, 0.5) is 0 Å². The van der Waals surface area contributed by atoms with E-state index in [1.807, 2.05) is 35.9 Å². The summed E-state index contributed by atoms with van der Waals surface area (Å²) in [6.07, 6.45) is 2.64. The summed E-state index contributed by atoms with van der Waals surface area (Å²) in [7, 11) is 4.07. The van der Waals surface area contributed by atoms with Gasteiger partial charge in [0.15, 0.2) is 0 Å². The number of likely N-dealkylation sites (N-methyl/N-ethyl adjacent to an activating group) is 1. The molecule has 0 bridgehead atoms. The van der Waals surface area contributed by atoms with Gasteiger partial charge in [-0.05, 0) is 26.6 Å². The number of carbonyl (C=O) groups is 1. The molecule has 0 N–H and O–H groups in total. The molecule has 2 aliphatic rings. The first-order valence-electron chi connectivity index (χ1n) is 8.73. The van der Waals surface area contributed by atoms with Crippen LogP contribution in [-0.4, -0.2) is 79.1 Å². The molecule has 2 atom stereocenters. The molecule has 3 heterocycles. The Balaban J connectivity index is 1.63. The van der Waals surface area contributed by atoms with Crippen LogP contribution in [0.25, 0.3) is 0 Å². The molecular formula is C17H28N4O3. The third-order valence-corrected chi connectivity index (χ3v) is 4.69. The number of hydrogen-bond donors (Lipinski definition) is 0. The molecule has 1 aromatic rings. The fraction of sp³-hybridized carbons (Fsp3) is 0.765. The fourth-order valence-electron chi connectivity index (χ4n) is 3.29. The Kier molecular flexibility index (Phi) is 5.86. The van der Waals surface area contributed by atoms with Crippen molar-refractivity contribution in [1.29, 1.82) is 0 Å². The maximum absolute atomic E-state index is 12.8. The Hall–Kier alpha value is -1.44. The molecule has 0 radical (unpaired) electrons. The van der Waals surface area contributed by atoms with E-state index in [1.54, 1.807) is 0 Å². The van der Waals surface area contributed by atoms with Crippen molar-refractivity contribution in [2.24, 2.45) is 11.8 Å². The molecule has 0 aliphatic carbocycles. The molecule has 1 saturated heterocycles.